The number of carbonyl (C=O) groups is 1. The van der Waals surface area contributed by atoms with E-state index in [1.807, 2.05) is 31.2 Å². The third-order valence-corrected chi connectivity index (χ3v) is 6.74. The van der Waals surface area contributed by atoms with Crippen LogP contribution in [0.2, 0.25) is 5.02 Å². The number of nitrogens with one attached hydrogen (secondary N) is 1. The summed E-state index contributed by atoms with van der Waals surface area (Å²) in [5, 5.41) is 3.22. The number of aryl methyl sites for hydroxylation is 1. The molecule has 0 unspecified atom stereocenters. The normalized spacial score (nSPS) is 13.4. The number of sulfonamides is 1. The summed E-state index contributed by atoms with van der Waals surface area (Å²) < 4.78 is 28.8. The first-order chi connectivity index (χ1) is 13.8. The lowest BCUT2D eigenvalue weighted by atomic mass is 10.2. The highest BCUT2D eigenvalue weighted by Gasteiger charge is 2.32. The van der Waals surface area contributed by atoms with Crippen LogP contribution in [0.3, 0.4) is 0 Å². The summed E-state index contributed by atoms with van der Waals surface area (Å²) in [4.78, 5) is 16.4. The van der Waals surface area contributed by atoms with Gasteiger partial charge >= 0.3 is 0 Å². The maximum atomic E-state index is 13.0. The first-order valence-corrected chi connectivity index (χ1v) is 10.8. The van der Waals surface area contributed by atoms with Crippen LogP contribution in [-0.2, 0) is 27.8 Å². The number of imidazole rings is 1. The highest BCUT2D eigenvalue weighted by Crippen LogP contribution is 2.32. The van der Waals surface area contributed by atoms with Gasteiger partial charge in [-0.2, -0.15) is 8.42 Å². The topological polar surface area (TPSA) is 84.3 Å². The van der Waals surface area contributed by atoms with Crippen LogP contribution in [0.4, 0.5) is 11.4 Å². The minimum absolute atomic E-state index is 0.0644. The molecule has 0 fully saturated rings. The average molecular weight is 431 g/mol. The molecule has 4 rings (SSSR count). The first-order valence-electron chi connectivity index (χ1n) is 9.03. The van der Waals surface area contributed by atoms with E-state index < -0.39 is 10.0 Å². The largest absolute Gasteiger partial charge is 0.327 e. The van der Waals surface area contributed by atoms with Gasteiger partial charge in [0.15, 0.2) is 5.03 Å². The van der Waals surface area contributed by atoms with Crippen LogP contribution in [0.15, 0.2) is 60.0 Å². The Balaban J connectivity index is 1.50. The number of aromatic nitrogens is 2. The molecule has 1 aliphatic heterocycles. The Kier molecular flexibility index (Phi) is 5.06. The van der Waals surface area contributed by atoms with Gasteiger partial charge in [0.1, 0.15) is 6.54 Å². The molecule has 0 bridgehead atoms. The number of benzene rings is 2. The van der Waals surface area contributed by atoms with Gasteiger partial charge in [0.2, 0.25) is 5.91 Å². The van der Waals surface area contributed by atoms with Crippen molar-refractivity contribution in [2.24, 2.45) is 0 Å². The van der Waals surface area contributed by atoms with Crippen LogP contribution < -0.4 is 9.62 Å². The van der Waals surface area contributed by atoms with Crippen LogP contribution in [0.25, 0.3) is 0 Å². The lowest BCUT2D eigenvalue weighted by Gasteiger charge is -2.17. The van der Waals surface area contributed by atoms with Crippen molar-refractivity contribution in [1.82, 2.24) is 9.55 Å². The minimum atomic E-state index is -3.79. The third kappa shape index (κ3) is 3.86. The standard InChI is InChI=1S/C20H19ClN4O3S/c1-14-6-7-16(21)10-17(14)23-19(26)11-24-12-20(22-13-24)29(27,28)25-9-8-15-4-2-3-5-18(15)25/h2-7,10,12-13H,8-9,11H2,1H3,(H,23,26). The predicted octanol–water partition coefficient (Wildman–Crippen LogP) is 3.24. The maximum absolute atomic E-state index is 13.0. The molecule has 2 heterocycles. The van der Waals surface area contributed by atoms with Gasteiger partial charge in [0.05, 0.1) is 12.0 Å². The van der Waals surface area contributed by atoms with E-state index in [-0.39, 0.29) is 17.5 Å². The summed E-state index contributed by atoms with van der Waals surface area (Å²) in [5.41, 5.74) is 3.16. The second-order valence-corrected chi connectivity index (χ2v) is 9.09. The predicted molar refractivity (Wildman–Crippen MR) is 112 cm³/mol. The fraction of sp³-hybridized carbons (Fsp3) is 0.200. The summed E-state index contributed by atoms with van der Waals surface area (Å²) in [6.07, 6.45) is 3.39. The van der Waals surface area contributed by atoms with Crippen molar-refractivity contribution in [3.05, 3.63) is 71.1 Å². The Morgan fingerprint density at radius 1 is 1.24 bits per heavy atom. The van der Waals surface area contributed by atoms with Crippen molar-refractivity contribution < 1.29 is 13.2 Å². The third-order valence-electron chi connectivity index (χ3n) is 4.81. The molecule has 0 spiro atoms. The molecule has 0 radical (unpaired) electrons. The molecule has 0 saturated carbocycles. The van der Waals surface area contributed by atoms with Gasteiger partial charge in [-0.15, -0.1) is 0 Å². The SMILES string of the molecule is Cc1ccc(Cl)cc1NC(=O)Cn1cnc(S(=O)(=O)N2CCc3ccccc32)c1. The number of para-hydroxylation sites is 1. The number of carbonyl (C=O) groups excluding carboxylic acids is 1. The lowest BCUT2D eigenvalue weighted by Crippen LogP contribution is -2.29. The van der Waals surface area contributed by atoms with Gasteiger partial charge < -0.3 is 9.88 Å². The molecule has 3 aromatic rings. The lowest BCUT2D eigenvalue weighted by molar-refractivity contribution is -0.116. The smallest absolute Gasteiger partial charge is 0.283 e. The maximum Gasteiger partial charge on any atom is 0.283 e. The Morgan fingerprint density at radius 2 is 2.03 bits per heavy atom. The number of fused-ring (bicyclic) bond motifs is 1. The summed E-state index contributed by atoms with van der Waals surface area (Å²) in [5.74, 6) is -0.303. The Morgan fingerprint density at radius 3 is 2.86 bits per heavy atom. The molecule has 1 aliphatic rings. The Labute approximate surface area is 174 Å². The van der Waals surface area contributed by atoms with Crippen molar-refractivity contribution in [3.8, 4) is 0 Å². The van der Waals surface area contributed by atoms with Gasteiger partial charge in [-0.25, -0.2) is 4.98 Å². The zero-order chi connectivity index (χ0) is 20.6. The number of nitrogens with zero attached hydrogens (tertiary/aromatic N) is 3. The van der Waals surface area contributed by atoms with Gasteiger partial charge in [0.25, 0.3) is 10.0 Å². The van der Waals surface area contributed by atoms with E-state index >= 15 is 0 Å². The van der Waals surface area contributed by atoms with Crippen molar-refractivity contribution in [2.75, 3.05) is 16.2 Å². The van der Waals surface area contributed by atoms with Crippen LogP contribution in [0.1, 0.15) is 11.1 Å². The molecule has 2 aromatic carbocycles. The van der Waals surface area contributed by atoms with Gasteiger partial charge in [-0.1, -0.05) is 35.9 Å². The number of hydrogen-bond acceptors (Lipinski definition) is 4. The summed E-state index contributed by atoms with van der Waals surface area (Å²) in [7, 11) is -3.79. The van der Waals surface area contributed by atoms with E-state index in [1.54, 1.807) is 18.2 Å². The van der Waals surface area contributed by atoms with Crippen molar-refractivity contribution in [1.29, 1.82) is 0 Å². The van der Waals surface area contributed by atoms with E-state index in [9.17, 15) is 13.2 Å². The Hall–Kier alpha value is -2.84. The van der Waals surface area contributed by atoms with E-state index in [2.05, 4.69) is 10.3 Å². The summed E-state index contributed by atoms with van der Waals surface area (Å²) in [6, 6.07) is 12.6. The number of hydrogen-bond donors (Lipinski definition) is 1. The molecule has 0 saturated heterocycles. The van der Waals surface area contributed by atoms with Crippen LogP contribution in [0, 0.1) is 6.92 Å². The molecule has 1 N–H and O–H groups in total. The number of rotatable bonds is 5. The monoisotopic (exact) mass is 430 g/mol. The number of anilines is 2. The summed E-state index contributed by atoms with van der Waals surface area (Å²) in [6.45, 7) is 2.18. The second-order valence-electron chi connectivity index (χ2n) is 6.85. The second kappa shape index (κ2) is 7.53. The van der Waals surface area contributed by atoms with Crippen LogP contribution in [0.5, 0.6) is 0 Å². The van der Waals surface area contributed by atoms with Crippen molar-refractivity contribution in [3.63, 3.8) is 0 Å². The molecule has 7 nitrogen and oxygen atoms in total. The molecule has 9 heteroatoms. The molecular weight excluding hydrogens is 412 g/mol. The van der Waals surface area contributed by atoms with Gasteiger partial charge in [-0.05, 0) is 42.7 Å². The Bertz CT molecular complexity index is 1190. The fourth-order valence-electron chi connectivity index (χ4n) is 3.31. The van der Waals surface area contributed by atoms with E-state index in [4.69, 9.17) is 11.6 Å². The van der Waals surface area contributed by atoms with Gasteiger partial charge in [-0.3, -0.25) is 9.10 Å². The quantitative estimate of drug-likeness (QED) is 0.673. The molecular formula is C20H19ClN4O3S. The zero-order valence-corrected chi connectivity index (χ0v) is 17.2. The first kappa shape index (κ1) is 19.5. The molecule has 29 heavy (non-hydrogen) atoms. The van der Waals surface area contributed by atoms with Crippen LogP contribution >= 0.6 is 11.6 Å². The number of amides is 1. The van der Waals surface area contributed by atoms with Crippen LogP contribution in [-0.4, -0.2) is 30.4 Å². The van der Waals surface area contributed by atoms with E-state index in [1.165, 1.54) is 21.4 Å². The molecule has 1 amide bonds. The fourth-order valence-corrected chi connectivity index (χ4v) is 4.93. The zero-order valence-electron chi connectivity index (χ0n) is 15.7. The average Bonchev–Trinajstić information content (AvgIpc) is 3.32. The molecule has 0 atom stereocenters. The minimum Gasteiger partial charge on any atom is -0.327 e. The molecule has 0 aliphatic carbocycles. The molecule has 150 valence electrons. The molecule has 1 aromatic heterocycles. The summed E-state index contributed by atoms with van der Waals surface area (Å²) >= 11 is 5.97. The number of halogens is 1. The van der Waals surface area contributed by atoms with Crippen molar-refractivity contribution >= 4 is 38.9 Å². The van der Waals surface area contributed by atoms with Crippen molar-refractivity contribution in [2.45, 2.75) is 24.9 Å². The van der Waals surface area contributed by atoms with E-state index in [0.717, 1.165) is 11.1 Å². The highest BCUT2D eigenvalue weighted by atomic mass is 35.5. The van der Waals surface area contributed by atoms with E-state index in [0.29, 0.717) is 29.4 Å². The van der Waals surface area contributed by atoms with Gasteiger partial charge in [0, 0.05) is 23.5 Å². The highest BCUT2D eigenvalue weighted by molar-refractivity contribution is 7.92.